The van der Waals surface area contributed by atoms with Gasteiger partial charge in [-0.3, -0.25) is 4.79 Å². The summed E-state index contributed by atoms with van der Waals surface area (Å²) in [6.45, 7) is 3.35. The first-order valence-electron chi connectivity index (χ1n) is 11.3. The van der Waals surface area contributed by atoms with E-state index in [1.165, 1.54) is 17.7 Å². The van der Waals surface area contributed by atoms with E-state index in [1.54, 1.807) is 36.5 Å². The molecule has 0 saturated carbocycles. The van der Waals surface area contributed by atoms with E-state index < -0.39 is 17.9 Å². The Balaban J connectivity index is 1.48. The third kappa shape index (κ3) is 7.87. The van der Waals surface area contributed by atoms with Crippen LogP contribution in [-0.4, -0.2) is 41.2 Å². The maximum absolute atomic E-state index is 12.6. The molecule has 0 bridgehead atoms. The summed E-state index contributed by atoms with van der Waals surface area (Å²) in [5, 5.41) is 15.7. The molecule has 0 fully saturated rings. The quantitative estimate of drug-likeness (QED) is 0.284. The molecule has 1 amide bonds. The Labute approximate surface area is 214 Å². The second kappa shape index (κ2) is 13.0. The Morgan fingerprint density at radius 2 is 1.77 bits per heavy atom. The normalized spacial score (nSPS) is 11.5. The number of carbonyl (C=O) groups is 2. The molecule has 0 radical (unpaired) electrons. The number of aromatic nitrogens is 1. The van der Waals surface area contributed by atoms with Crippen LogP contribution >= 0.6 is 23.2 Å². The summed E-state index contributed by atoms with van der Waals surface area (Å²) in [6.07, 6.45) is 3.64. The lowest BCUT2D eigenvalue weighted by molar-refractivity contribution is -0.139. The average molecular weight is 516 g/mol. The SMILES string of the molecule is CCc1ccnc(NCCCOc2ccc(C[C@H](NC(=O)c3c(Cl)cccc3Cl)C(=O)O)cc2)c1. The van der Waals surface area contributed by atoms with Gasteiger partial charge in [0.05, 0.1) is 22.2 Å². The Morgan fingerprint density at radius 3 is 2.43 bits per heavy atom. The van der Waals surface area contributed by atoms with Crippen LogP contribution in [-0.2, 0) is 17.6 Å². The molecule has 0 aliphatic rings. The van der Waals surface area contributed by atoms with Gasteiger partial charge in [0.25, 0.3) is 5.91 Å². The van der Waals surface area contributed by atoms with Gasteiger partial charge in [-0.2, -0.15) is 0 Å². The highest BCUT2D eigenvalue weighted by molar-refractivity contribution is 6.39. The lowest BCUT2D eigenvalue weighted by Crippen LogP contribution is -2.42. The van der Waals surface area contributed by atoms with Gasteiger partial charge in [-0.15, -0.1) is 0 Å². The van der Waals surface area contributed by atoms with Gasteiger partial charge in [0.2, 0.25) is 0 Å². The molecule has 2 aromatic carbocycles. The molecule has 184 valence electrons. The molecule has 0 unspecified atom stereocenters. The Hall–Kier alpha value is -3.29. The van der Waals surface area contributed by atoms with Crippen LogP contribution in [0.3, 0.4) is 0 Å². The molecule has 35 heavy (non-hydrogen) atoms. The van der Waals surface area contributed by atoms with Gasteiger partial charge in [-0.05, 0) is 60.4 Å². The van der Waals surface area contributed by atoms with Crippen LogP contribution < -0.4 is 15.4 Å². The summed E-state index contributed by atoms with van der Waals surface area (Å²) in [5.41, 5.74) is 2.02. The van der Waals surface area contributed by atoms with Gasteiger partial charge in [0.15, 0.2) is 0 Å². The zero-order chi connectivity index (χ0) is 25.2. The maximum Gasteiger partial charge on any atom is 0.326 e. The zero-order valence-corrected chi connectivity index (χ0v) is 20.8. The van der Waals surface area contributed by atoms with E-state index in [4.69, 9.17) is 27.9 Å². The molecule has 0 saturated heterocycles. The number of anilines is 1. The minimum Gasteiger partial charge on any atom is -0.494 e. The first kappa shape index (κ1) is 26.3. The summed E-state index contributed by atoms with van der Waals surface area (Å²) in [5.74, 6) is -0.268. The Morgan fingerprint density at radius 1 is 1.06 bits per heavy atom. The molecule has 3 N–H and O–H groups in total. The Kier molecular flexibility index (Phi) is 9.76. The molecule has 0 aliphatic heterocycles. The lowest BCUT2D eigenvalue weighted by Gasteiger charge is -2.16. The number of nitrogens with one attached hydrogen (secondary N) is 2. The maximum atomic E-state index is 12.6. The molecule has 1 atom stereocenters. The fraction of sp³-hybridized carbons (Fsp3) is 0.269. The zero-order valence-electron chi connectivity index (χ0n) is 19.3. The molecular weight excluding hydrogens is 489 g/mol. The molecule has 9 heteroatoms. The van der Waals surface area contributed by atoms with Crippen LogP contribution in [0.1, 0.15) is 34.8 Å². The smallest absolute Gasteiger partial charge is 0.326 e. The first-order valence-corrected chi connectivity index (χ1v) is 12.0. The first-order chi connectivity index (χ1) is 16.9. The summed E-state index contributed by atoms with van der Waals surface area (Å²) >= 11 is 12.1. The molecule has 3 aromatic rings. The van der Waals surface area contributed by atoms with E-state index >= 15 is 0 Å². The van der Waals surface area contributed by atoms with Crippen molar-refractivity contribution in [1.82, 2.24) is 10.3 Å². The van der Waals surface area contributed by atoms with E-state index in [1.807, 2.05) is 12.1 Å². The van der Waals surface area contributed by atoms with E-state index in [0.717, 1.165) is 30.8 Å². The topological polar surface area (TPSA) is 101 Å². The van der Waals surface area contributed by atoms with Crippen molar-refractivity contribution in [2.75, 3.05) is 18.5 Å². The van der Waals surface area contributed by atoms with Gasteiger partial charge in [-0.1, -0.05) is 48.3 Å². The molecule has 7 nitrogen and oxygen atoms in total. The van der Waals surface area contributed by atoms with Crippen LogP contribution in [0.4, 0.5) is 5.82 Å². The van der Waals surface area contributed by atoms with Gasteiger partial charge >= 0.3 is 5.97 Å². The van der Waals surface area contributed by atoms with Gasteiger partial charge in [-0.25, -0.2) is 9.78 Å². The minimum absolute atomic E-state index is 0.0502. The van der Waals surface area contributed by atoms with Crippen molar-refractivity contribution >= 4 is 40.9 Å². The second-order valence-corrected chi connectivity index (χ2v) is 8.66. The number of hydrogen-bond acceptors (Lipinski definition) is 5. The van der Waals surface area contributed by atoms with Crippen molar-refractivity contribution in [3.63, 3.8) is 0 Å². The highest BCUT2D eigenvalue weighted by Gasteiger charge is 2.23. The molecular formula is C26H27Cl2N3O4. The second-order valence-electron chi connectivity index (χ2n) is 7.84. The van der Waals surface area contributed by atoms with E-state index in [9.17, 15) is 14.7 Å². The fourth-order valence-corrected chi connectivity index (χ4v) is 3.94. The largest absolute Gasteiger partial charge is 0.494 e. The van der Waals surface area contributed by atoms with E-state index in [2.05, 4.69) is 22.5 Å². The number of carbonyl (C=O) groups excluding carboxylic acids is 1. The number of amides is 1. The number of aryl methyl sites for hydroxylation is 1. The number of nitrogens with zero attached hydrogens (tertiary/aromatic N) is 1. The number of hydrogen-bond donors (Lipinski definition) is 3. The molecule has 0 spiro atoms. The van der Waals surface area contributed by atoms with Crippen molar-refractivity contribution in [2.24, 2.45) is 0 Å². The number of rotatable bonds is 12. The molecule has 3 rings (SSSR count). The van der Waals surface area contributed by atoms with Crippen molar-refractivity contribution < 1.29 is 19.4 Å². The summed E-state index contributed by atoms with van der Waals surface area (Å²) in [4.78, 5) is 28.6. The van der Waals surface area contributed by atoms with Crippen molar-refractivity contribution in [3.05, 3.63) is 87.5 Å². The van der Waals surface area contributed by atoms with Crippen molar-refractivity contribution in [1.29, 1.82) is 0 Å². The summed E-state index contributed by atoms with van der Waals surface area (Å²) in [6, 6.07) is 14.7. The predicted molar refractivity (Wildman–Crippen MR) is 138 cm³/mol. The molecule has 1 aromatic heterocycles. The highest BCUT2D eigenvalue weighted by atomic mass is 35.5. The van der Waals surface area contributed by atoms with Gasteiger partial charge in [0.1, 0.15) is 17.6 Å². The third-order valence-corrected chi connectivity index (χ3v) is 5.91. The van der Waals surface area contributed by atoms with Gasteiger partial charge < -0.3 is 20.5 Å². The third-order valence-electron chi connectivity index (χ3n) is 5.28. The Bertz CT molecular complexity index is 1140. The minimum atomic E-state index is -1.16. The number of carboxylic acids is 1. The summed E-state index contributed by atoms with van der Waals surface area (Å²) in [7, 11) is 0. The van der Waals surface area contributed by atoms with Crippen LogP contribution in [0.5, 0.6) is 5.75 Å². The van der Waals surface area contributed by atoms with Crippen LogP contribution in [0.15, 0.2) is 60.8 Å². The average Bonchev–Trinajstić information content (AvgIpc) is 2.84. The van der Waals surface area contributed by atoms with Crippen LogP contribution in [0, 0.1) is 0 Å². The monoisotopic (exact) mass is 515 g/mol. The predicted octanol–water partition coefficient (Wildman–Crippen LogP) is 5.26. The number of aliphatic carboxylic acids is 1. The summed E-state index contributed by atoms with van der Waals surface area (Å²) < 4.78 is 5.77. The number of benzene rings is 2. The fourth-order valence-electron chi connectivity index (χ4n) is 3.37. The molecule has 0 aliphatic carbocycles. The van der Waals surface area contributed by atoms with Crippen LogP contribution in [0.2, 0.25) is 10.0 Å². The van der Waals surface area contributed by atoms with E-state index in [0.29, 0.717) is 12.4 Å². The van der Waals surface area contributed by atoms with Crippen molar-refractivity contribution in [3.8, 4) is 5.75 Å². The van der Waals surface area contributed by atoms with Crippen LogP contribution in [0.25, 0.3) is 0 Å². The standard InChI is InChI=1S/C26H27Cl2N3O4/c1-2-17-11-13-30-23(16-17)29-12-4-14-35-19-9-7-18(8-10-19)15-22(26(33)34)31-25(32)24-20(27)5-3-6-21(24)28/h3,5-11,13,16,22H,2,4,12,14-15H2,1H3,(H,29,30)(H,31,32)(H,33,34)/t22-/m0/s1. The number of halogens is 2. The van der Waals surface area contributed by atoms with Gasteiger partial charge in [0, 0.05) is 19.2 Å². The number of ether oxygens (including phenoxy) is 1. The lowest BCUT2D eigenvalue weighted by atomic mass is 10.1. The number of carboxylic acid groups (broad SMARTS) is 1. The molecule has 1 heterocycles. The number of pyridine rings is 1. The van der Waals surface area contributed by atoms with E-state index in [-0.39, 0.29) is 22.0 Å². The van der Waals surface area contributed by atoms with Crippen molar-refractivity contribution in [2.45, 2.75) is 32.2 Å². The highest BCUT2D eigenvalue weighted by Crippen LogP contribution is 2.24.